The molecule has 2 saturated carbocycles. The fraction of sp³-hybridized carbons (Fsp3) is 0.632. The molecule has 0 aromatic heterocycles. The van der Waals surface area contributed by atoms with Gasteiger partial charge in [-0.25, -0.2) is 0 Å². The maximum Gasteiger partial charge on any atom is 0.256 e. The summed E-state index contributed by atoms with van der Waals surface area (Å²) in [7, 11) is 1.61. The molecule has 1 N–H and O–H groups in total. The number of aryl methyl sites for hydroxylation is 1. The van der Waals surface area contributed by atoms with Gasteiger partial charge in [0, 0.05) is 12.8 Å². The highest BCUT2D eigenvalue weighted by Gasteiger charge is 2.47. The number of nitrogens with one attached hydrogen (secondary N) is 1. The van der Waals surface area contributed by atoms with Gasteiger partial charge in [0.1, 0.15) is 11.4 Å². The third-order valence-electron chi connectivity index (χ3n) is 5.26. The van der Waals surface area contributed by atoms with Crippen molar-refractivity contribution in [1.82, 2.24) is 0 Å². The molecular weight excluding hydrogens is 290 g/mol. The van der Waals surface area contributed by atoms with E-state index in [0.29, 0.717) is 12.0 Å². The van der Waals surface area contributed by atoms with Crippen molar-refractivity contribution >= 4 is 11.6 Å². The van der Waals surface area contributed by atoms with Gasteiger partial charge in [0.25, 0.3) is 5.91 Å². The Labute approximate surface area is 138 Å². The van der Waals surface area contributed by atoms with E-state index in [4.69, 9.17) is 9.47 Å². The molecule has 1 aromatic rings. The smallest absolute Gasteiger partial charge is 0.256 e. The lowest BCUT2D eigenvalue weighted by atomic mass is 9.99. The third kappa shape index (κ3) is 3.52. The molecule has 1 aromatic carbocycles. The van der Waals surface area contributed by atoms with Gasteiger partial charge in [-0.05, 0) is 82.1 Å². The molecule has 4 heteroatoms. The lowest BCUT2D eigenvalue weighted by Gasteiger charge is -2.27. The van der Waals surface area contributed by atoms with Gasteiger partial charge in [0.2, 0.25) is 0 Å². The first-order chi connectivity index (χ1) is 11.0. The Hall–Kier alpha value is -1.55. The Kier molecular flexibility index (Phi) is 4.62. The van der Waals surface area contributed by atoms with Gasteiger partial charge < -0.3 is 14.8 Å². The molecule has 0 saturated heterocycles. The van der Waals surface area contributed by atoms with Gasteiger partial charge in [0.15, 0.2) is 0 Å². The first-order valence-corrected chi connectivity index (χ1v) is 8.67. The van der Waals surface area contributed by atoms with Crippen molar-refractivity contribution < 1.29 is 14.3 Å². The molecule has 0 spiro atoms. The number of carbonyl (C=O) groups excluding carboxylic acids is 1. The number of methoxy groups -OCH3 is 1. The summed E-state index contributed by atoms with van der Waals surface area (Å²) < 4.78 is 11.6. The quantitative estimate of drug-likeness (QED) is 0.860. The summed E-state index contributed by atoms with van der Waals surface area (Å²) >= 11 is 0. The molecule has 0 unspecified atom stereocenters. The average molecular weight is 317 g/mol. The van der Waals surface area contributed by atoms with E-state index in [9.17, 15) is 4.79 Å². The molecule has 1 atom stereocenters. The predicted octanol–water partition coefficient (Wildman–Crippen LogP) is 4.07. The van der Waals surface area contributed by atoms with Crippen molar-refractivity contribution in [2.24, 2.45) is 5.92 Å². The number of rotatable bonds is 6. The Morgan fingerprint density at radius 3 is 2.48 bits per heavy atom. The molecule has 0 radical (unpaired) electrons. The fourth-order valence-corrected chi connectivity index (χ4v) is 3.38. The van der Waals surface area contributed by atoms with Crippen LogP contribution in [0.2, 0.25) is 0 Å². The molecule has 1 amide bonds. The van der Waals surface area contributed by atoms with E-state index in [-0.39, 0.29) is 5.91 Å². The zero-order valence-corrected chi connectivity index (χ0v) is 14.4. The van der Waals surface area contributed by atoms with E-state index in [1.165, 1.54) is 12.8 Å². The first-order valence-electron chi connectivity index (χ1n) is 8.67. The Bertz CT molecular complexity index is 576. The number of carbonyl (C=O) groups is 1. The fourth-order valence-electron chi connectivity index (χ4n) is 3.38. The second-order valence-corrected chi connectivity index (χ2v) is 7.04. The summed E-state index contributed by atoms with van der Waals surface area (Å²) in [5.74, 6) is 1.19. The van der Waals surface area contributed by atoms with E-state index < -0.39 is 5.60 Å². The Morgan fingerprint density at radius 1 is 1.22 bits per heavy atom. The summed E-state index contributed by atoms with van der Waals surface area (Å²) in [4.78, 5) is 12.6. The molecular formula is C19H27NO3. The SMILES string of the molecule is CO[C@](C)(C(=O)Nc1ccc(OC2CCCC2)c(C)c1)C1CC1. The van der Waals surface area contributed by atoms with E-state index >= 15 is 0 Å². The lowest BCUT2D eigenvalue weighted by molar-refractivity contribution is -0.138. The van der Waals surface area contributed by atoms with Crippen LogP contribution in [-0.2, 0) is 9.53 Å². The van der Waals surface area contributed by atoms with Crippen LogP contribution in [0.4, 0.5) is 5.69 Å². The number of hydrogen-bond donors (Lipinski definition) is 1. The summed E-state index contributed by atoms with van der Waals surface area (Å²) in [5, 5.41) is 3.00. The normalized spacial score (nSPS) is 21.0. The highest BCUT2D eigenvalue weighted by Crippen LogP contribution is 2.42. The van der Waals surface area contributed by atoms with Crippen LogP contribution >= 0.6 is 0 Å². The molecule has 0 heterocycles. The number of amides is 1. The third-order valence-corrected chi connectivity index (χ3v) is 5.26. The summed E-state index contributed by atoms with van der Waals surface area (Å²) in [5.41, 5.74) is 1.13. The highest BCUT2D eigenvalue weighted by molar-refractivity contribution is 5.97. The molecule has 126 valence electrons. The van der Waals surface area contributed by atoms with Crippen molar-refractivity contribution in [3.63, 3.8) is 0 Å². The van der Waals surface area contributed by atoms with Crippen LogP contribution in [0.1, 0.15) is 51.0 Å². The van der Waals surface area contributed by atoms with E-state index in [1.54, 1.807) is 7.11 Å². The number of hydrogen-bond acceptors (Lipinski definition) is 3. The van der Waals surface area contributed by atoms with Crippen LogP contribution in [0, 0.1) is 12.8 Å². The average Bonchev–Trinajstić information content (AvgIpc) is 3.27. The Balaban J connectivity index is 1.66. The van der Waals surface area contributed by atoms with Crippen molar-refractivity contribution in [2.75, 3.05) is 12.4 Å². The van der Waals surface area contributed by atoms with Gasteiger partial charge in [-0.2, -0.15) is 0 Å². The van der Waals surface area contributed by atoms with Crippen LogP contribution in [-0.4, -0.2) is 24.7 Å². The van der Waals surface area contributed by atoms with Crippen LogP contribution in [0.3, 0.4) is 0 Å². The molecule has 4 nitrogen and oxygen atoms in total. The molecule has 2 aliphatic carbocycles. The zero-order chi connectivity index (χ0) is 16.4. The molecule has 2 aliphatic rings. The van der Waals surface area contributed by atoms with Crippen LogP contribution in [0.5, 0.6) is 5.75 Å². The maximum atomic E-state index is 12.6. The first kappa shape index (κ1) is 16.3. The summed E-state index contributed by atoms with van der Waals surface area (Å²) in [6.07, 6.45) is 7.27. The lowest BCUT2D eigenvalue weighted by Crippen LogP contribution is -2.44. The van der Waals surface area contributed by atoms with E-state index in [2.05, 4.69) is 5.32 Å². The minimum Gasteiger partial charge on any atom is -0.490 e. The van der Waals surface area contributed by atoms with Gasteiger partial charge in [-0.3, -0.25) is 4.79 Å². The minimum absolute atomic E-state index is 0.0636. The van der Waals surface area contributed by atoms with E-state index in [1.807, 2.05) is 32.0 Å². The zero-order valence-electron chi connectivity index (χ0n) is 14.4. The largest absolute Gasteiger partial charge is 0.490 e. The predicted molar refractivity (Wildman–Crippen MR) is 90.8 cm³/mol. The molecule has 23 heavy (non-hydrogen) atoms. The van der Waals surface area contributed by atoms with E-state index in [0.717, 1.165) is 42.7 Å². The van der Waals surface area contributed by atoms with Crippen molar-refractivity contribution in [1.29, 1.82) is 0 Å². The van der Waals surface area contributed by atoms with Crippen molar-refractivity contribution in [2.45, 2.75) is 64.1 Å². The molecule has 0 bridgehead atoms. The van der Waals surface area contributed by atoms with Gasteiger partial charge >= 0.3 is 0 Å². The second-order valence-electron chi connectivity index (χ2n) is 7.04. The molecule has 2 fully saturated rings. The molecule has 0 aliphatic heterocycles. The molecule has 3 rings (SSSR count). The highest BCUT2D eigenvalue weighted by atomic mass is 16.5. The van der Waals surface area contributed by atoms with Crippen molar-refractivity contribution in [3.05, 3.63) is 23.8 Å². The van der Waals surface area contributed by atoms with Gasteiger partial charge in [-0.1, -0.05) is 0 Å². The summed E-state index contributed by atoms with van der Waals surface area (Å²) in [6, 6.07) is 5.86. The standard InChI is InChI=1S/C19H27NO3/c1-13-12-15(10-11-17(13)23-16-6-4-5-7-16)20-18(21)19(2,22-3)14-8-9-14/h10-12,14,16H,4-9H2,1-3H3,(H,20,21)/t19-/m0/s1. The maximum absolute atomic E-state index is 12.6. The monoisotopic (exact) mass is 317 g/mol. The second kappa shape index (κ2) is 6.52. The topological polar surface area (TPSA) is 47.6 Å². The summed E-state index contributed by atoms with van der Waals surface area (Å²) in [6.45, 7) is 3.90. The van der Waals surface area contributed by atoms with Gasteiger partial charge in [-0.15, -0.1) is 0 Å². The van der Waals surface area contributed by atoms with Crippen LogP contribution in [0.15, 0.2) is 18.2 Å². The minimum atomic E-state index is -0.729. The number of anilines is 1. The Morgan fingerprint density at radius 2 is 1.91 bits per heavy atom. The van der Waals surface area contributed by atoms with Crippen LogP contribution in [0.25, 0.3) is 0 Å². The van der Waals surface area contributed by atoms with Crippen molar-refractivity contribution in [3.8, 4) is 5.75 Å². The number of benzene rings is 1. The van der Waals surface area contributed by atoms with Crippen LogP contribution < -0.4 is 10.1 Å². The number of ether oxygens (including phenoxy) is 2. The van der Waals surface area contributed by atoms with Gasteiger partial charge in [0.05, 0.1) is 6.10 Å².